The summed E-state index contributed by atoms with van der Waals surface area (Å²) in [6.45, 7) is 9.81. The van der Waals surface area contributed by atoms with E-state index in [2.05, 4.69) is 29.4 Å². The summed E-state index contributed by atoms with van der Waals surface area (Å²) in [5.74, 6) is 1.65. The number of halogens is 2. The zero-order valence-corrected chi connectivity index (χ0v) is 19.3. The van der Waals surface area contributed by atoms with Crippen LogP contribution in [0.15, 0.2) is 18.2 Å². The van der Waals surface area contributed by atoms with Crippen LogP contribution in [0.3, 0.4) is 0 Å². The molecule has 1 unspecified atom stereocenters. The van der Waals surface area contributed by atoms with E-state index in [-0.39, 0.29) is 42.1 Å². The van der Waals surface area contributed by atoms with E-state index < -0.39 is 0 Å². The Morgan fingerprint density at radius 1 is 1.21 bits per heavy atom. The topological polar surface area (TPSA) is 62.8 Å². The van der Waals surface area contributed by atoms with Crippen molar-refractivity contribution < 1.29 is 14.3 Å². The van der Waals surface area contributed by atoms with Crippen molar-refractivity contribution in [1.29, 1.82) is 0 Å². The van der Waals surface area contributed by atoms with E-state index in [1.807, 2.05) is 18.2 Å². The Morgan fingerprint density at radius 3 is 2.52 bits per heavy atom. The van der Waals surface area contributed by atoms with E-state index in [0.717, 1.165) is 57.7 Å². The summed E-state index contributed by atoms with van der Waals surface area (Å²) in [7, 11) is 1.63. The van der Waals surface area contributed by atoms with Gasteiger partial charge in [0.15, 0.2) is 11.5 Å². The summed E-state index contributed by atoms with van der Waals surface area (Å²) >= 11 is 0. The second-order valence-corrected chi connectivity index (χ2v) is 7.60. The van der Waals surface area contributed by atoms with Crippen molar-refractivity contribution in [3.63, 3.8) is 0 Å². The molecular formula is C21H35Cl2N3O3. The fraction of sp³-hybridized carbons (Fsp3) is 0.667. The van der Waals surface area contributed by atoms with Crippen LogP contribution in [0.5, 0.6) is 11.5 Å². The largest absolute Gasteiger partial charge is 0.493 e. The lowest BCUT2D eigenvalue weighted by atomic mass is 9.92. The van der Waals surface area contributed by atoms with Crippen molar-refractivity contribution in [2.45, 2.75) is 33.1 Å². The molecule has 1 aliphatic heterocycles. The number of piperidine rings is 1. The molecule has 8 heteroatoms. The predicted octanol–water partition coefficient (Wildman–Crippen LogP) is 3.59. The number of amides is 1. The van der Waals surface area contributed by atoms with E-state index in [0.29, 0.717) is 18.1 Å². The summed E-state index contributed by atoms with van der Waals surface area (Å²) in [4.78, 5) is 15.0. The van der Waals surface area contributed by atoms with Crippen LogP contribution in [-0.4, -0.2) is 57.2 Å². The Morgan fingerprint density at radius 2 is 1.90 bits per heavy atom. The molecule has 2 N–H and O–H groups in total. The van der Waals surface area contributed by atoms with Crippen molar-refractivity contribution >= 4 is 36.4 Å². The number of nitrogens with zero attached hydrogens (tertiary/aromatic N) is 1. The highest BCUT2D eigenvalue weighted by atomic mass is 35.5. The van der Waals surface area contributed by atoms with Gasteiger partial charge in [-0.25, -0.2) is 0 Å². The van der Waals surface area contributed by atoms with Crippen LogP contribution in [0.25, 0.3) is 0 Å². The number of hydrogen-bond donors (Lipinski definition) is 2. The zero-order valence-electron chi connectivity index (χ0n) is 17.7. The van der Waals surface area contributed by atoms with Gasteiger partial charge in [-0.1, -0.05) is 13.8 Å². The van der Waals surface area contributed by atoms with Crippen LogP contribution < -0.4 is 20.1 Å². The zero-order chi connectivity index (χ0) is 19.3. The average Bonchev–Trinajstić information content (AvgIpc) is 3.39. The molecule has 1 aromatic rings. The molecule has 1 spiro atoms. The molecule has 166 valence electrons. The highest BCUT2D eigenvalue weighted by Gasteiger charge is 2.57. The summed E-state index contributed by atoms with van der Waals surface area (Å²) in [6, 6.07) is 5.61. The first kappa shape index (κ1) is 25.8. The lowest BCUT2D eigenvalue weighted by Crippen LogP contribution is -2.31. The maximum Gasteiger partial charge on any atom is 0.228 e. The highest BCUT2D eigenvalue weighted by molar-refractivity contribution is 5.95. The Labute approximate surface area is 186 Å². The minimum Gasteiger partial charge on any atom is -0.493 e. The molecule has 2 aliphatic rings. The van der Waals surface area contributed by atoms with Crippen LogP contribution in [0.1, 0.15) is 33.1 Å². The van der Waals surface area contributed by atoms with Gasteiger partial charge in [-0.15, -0.1) is 24.8 Å². The molecule has 1 aliphatic carbocycles. The van der Waals surface area contributed by atoms with Crippen molar-refractivity contribution in [2.75, 3.05) is 51.8 Å². The summed E-state index contributed by atoms with van der Waals surface area (Å²) in [5, 5.41) is 6.46. The number of methoxy groups -OCH3 is 1. The third-order valence-electron chi connectivity index (χ3n) is 6.10. The van der Waals surface area contributed by atoms with Crippen LogP contribution in [0.2, 0.25) is 0 Å². The van der Waals surface area contributed by atoms with Crippen LogP contribution in [-0.2, 0) is 4.79 Å². The van der Waals surface area contributed by atoms with Gasteiger partial charge in [0.25, 0.3) is 0 Å². The van der Waals surface area contributed by atoms with E-state index >= 15 is 0 Å². The second-order valence-electron chi connectivity index (χ2n) is 7.60. The Kier molecular flexibility index (Phi) is 10.5. The van der Waals surface area contributed by atoms with Crippen molar-refractivity contribution in [3.8, 4) is 11.5 Å². The molecule has 3 rings (SSSR count). The van der Waals surface area contributed by atoms with E-state index in [1.165, 1.54) is 0 Å². The fourth-order valence-electron chi connectivity index (χ4n) is 4.12. The molecule has 1 heterocycles. The minimum absolute atomic E-state index is 0. The standard InChI is InChI=1S/C21H33N3O3.2ClH/c1-4-24(5-2)12-13-27-19-14-16(6-7-18(19)26-3)23-20(25)17-15-21(17)8-10-22-11-9-21;;/h6-7,14,17,22H,4-5,8-13,15H2,1-3H3,(H,23,25);2*1H. The Hall–Kier alpha value is -1.21. The predicted molar refractivity (Wildman–Crippen MR) is 122 cm³/mol. The SMILES string of the molecule is CCN(CC)CCOc1cc(NC(=O)C2CC23CCNCC3)ccc1OC.Cl.Cl. The number of hydrogen-bond acceptors (Lipinski definition) is 5. The number of likely N-dealkylation sites (N-methyl/N-ethyl adjacent to an activating group) is 1. The number of nitrogens with one attached hydrogen (secondary N) is 2. The minimum atomic E-state index is 0. The van der Waals surface area contributed by atoms with Gasteiger partial charge >= 0.3 is 0 Å². The molecule has 1 atom stereocenters. The van der Waals surface area contributed by atoms with Crippen LogP contribution in [0.4, 0.5) is 5.69 Å². The number of carbonyl (C=O) groups is 1. The molecule has 0 aromatic heterocycles. The van der Waals surface area contributed by atoms with E-state index in [1.54, 1.807) is 7.11 Å². The van der Waals surface area contributed by atoms with Crippen molar-refractivity contribution in [1.82, 2.24) is 10.2 Å². The average molecular weight is 448 g/mol. The van der Waals surface area contributed by atoms with Crippen molar-refractivity contribution in [3.05, 3.63) is 18.2 Å². The van der Waals surface area contributed by atoms with Gasteiger partial charge in [0.1, 0.15) is 6.61 Å². The summed E-state index contributed by atoms with van der Waals surface area (Å²) in [5.41, 5.74) is 1.01. The molecule has 1 saturated heterocycles. The van der Waals surface area contributed by atoms with E-state index in [9.17, 15) is 4.79 Å². The molecule has 0 radical (unpaired) electrons. The normalized spacial score (nSPS) is 19.1. The van der Waals surface area contributed by atoms with Gasteiger partial charge in [0, 0.05) is 24.2 Å². The number of rotatable bonds is 9. The molecule has 1 saturated carbocycles. The second kappa shape index (κ2) is 11.8. The van der Waals surface area contributed by atoms with Gasteiger partial charge < -0.3 is 25.0 Å². The number of ether oxygens (including phenoxy) is 2. The van der Waals surface area contributed by atoms with Crippen LogP contribution in [0, 0.1) is 11.3 Å². The molecular weight excluding hydrogens is 413 g/mol. The molecule has 1 aromatic carbocycles. The van der Waals surface area contributed by atoms with Gasteiger partial charge in [-0.2, -0.15) is 0 Å². The molecule has 29 heavy (non-hydrogen) atoms. The third kappa shape index (κ3) is 6.38. The summed E-state index contributed by atoms with van der Waals surface area (Å²) < 4.78 is 11.4. The quantitative estimate of drug-likeness (QED) is 0.605. The number of benzene rings is 1. The molecule has 2 fully saturated rings. The lowest BCUT2D eigenvalue weighted by molar-refractivity contribution is -0.118. The molecule has 6 nitrogen and oxygen atoms in total. The first-order valence-electron chi connectivity index (χ1n) is 10.2. The molecule has 0 bridgehead atoms. The van der Waals surface area contributed by atoms with Crippen molar-refractivity contribution in [2.24, 2.45) is 11.3 Å². The fourth-order valence-corrected chi connectivity index (χ4v) is 4.12. The number of anilines is 1. The molecule has 1 amide bonds. The van der Waals surface area contributed by atoms with E-state index in [4.69, 9.17) is 9.47 Å². The lowest BCUT2D eigenvalue weighted by Gasteiger charge is -2.23. The van der Waals surface area contributed by atoms with Gasteiger partial charge in [-0.3, -0.25) is 4.79 Å². The number of carbonyl (C=O) groups excluding carboxylic acids is 1. The van der Waals surface area contributed by atoms with Gasteiger partial charge in [0.05, 0.1) is 7.11 Å². The monoisotopic (exact) mass is 447 g/mol. The third-order valence-corrected chi connectivity index (χ3v) is 6.10. The summed E-state index contributed by atoms with van der Waals surface area (Å²) in [6.07, 6.45) is 3.23. The van der Waals surface area contributed by atoms with Gasteiger partial charge in [-0.05, 0) is 63.0 Å². The first-order valence-corrected chi connectivity index (χ1v) is 10.2. The Balaban J connectivity index is 0.00000210. The maximum absolute atomic E-state index is 12.7. The smallest absolute Gasteiger partial charge is 0.228 e. The first-order chi connectivity index (χ1) is 13.1. The van der Waals surface area contributed by atoms with Gasteiger partial charge in [0.2, 0.25) is 5.91 Å². The highest BCUT2D eigenvalue weighted by Crippen LogP contribution is 2.58. The van der Waals surface area contributed by atoms with Crippen LogP contribution >= 0.6 is 24.8 Å². The maximum atomic E-state index is 12.7. The Bertz CT molecular complexity index is 650.